The van der Waals surface area contributed by atoms with Gasteiger partial charge in [0.1, 0.15) is 0 Å². The zero-order chi connectivity index (χ0) is 22.2. The summed E-state index contributed by atoms with van der Waals surface area (Å²) in [5, 5.41) is 0. The highest BCUT2D eigenvalue weighted by atomic mass is 28.4. The summed E-state index contributed by atoms with van der Waals surface area (Å²) in [6.07, 6.45) is 25.3. The first-order valence-electron chi connectivity index (χ1n) is 13.7. The second-order valence-corrected chi connectivity index (χ2v) is 11.5. The Morgan fingerprint density at radius 3 is 0.900 bits per heavy atom. The molecule has 0 aliphatic heterocycles. The molecule has 0 atom stereocenters. The monoisotopic (exact) mass is 444 g/mol. The quantitative estimate of drug-likeness (QED) is 0.104. The van der Waals surface area contributed by atoms with Crippen LogP contribution in [0.15, 0.2) is 0 Å². The lowest BCUT2D eigenvalue weighted by molar-refractivity contribution is 0.0706. The van der Waals surface area contributed by atoms with Gasteiger partial charge in [-0.15, -0.1) is 0 Å². The molecule has 182 valence electrons. The van der Waals surface area contributed by atoms with E-state index in [9.17, 15) is 0 Å². The van der Waals surface area contributed by atoms with Gasteiger partial charge >= 0.3 is 8.80 Å². The number of hydrogen-bond acceptors (Lipinski definition) is 3. The van der Waals surface area contributed by atoms with Gasteiger partial charge in [-0.3, -0.25) is 0 Å². The molecule has 0 fully saturated rings. The molecule has 0 aromatic rings. The lowest BCUT2D eigenvalue weighted by Gasteiger charge is -2.28. The van der Waals surface area contributed by atoms with Gasteiger partial charge in [0.25, 0.3) is 0 Å². The van der Waals surface area contributed by atoms with Crippen molar-refractivity contribution in [3.63, 3.8) is 0 Å². The van der Waals surface area contributed by atoms with Crippen molar-refractivity contribution in [2.75, 3.05) is 19.8 Å². The SMILES string of the molecule is CCCCCCCCCCCCCCCCCCCC[Si](OCC)(OCC)OCC. The Morgan fingerprint density at radius 1 is 0.367 bits per heavy atom. The molecule has 0 aromatic heterocycles. The largest absolute Gasteiger partial charge is 0.500 e. The van der Waals surface area contributed by atoms with Crippen LogP contribution >= 0.6 is 0 Å². The third kappa shape index (κ3) is 18.8. The molecular formula is C26H56O3Si. The first-order valence-corrected chi connectivity index (χ1v) is 15.6. The van der Waals surface area contributed by atoms with E-state index in [1.165, 1.54) is 116 Å². The normalized spacial score (nSPS) is 12.0. The van der Waals surface area contributed by atoms with Crippen molar-refractivity contribution in [1.29, 1.82) is 0 Å². The molecule has 4 heteroatoms. The average Bonchev–Trinajstić information content (AvgIpc) is 2.73. The van der Waals surface area contributed by atoms with E-state index in [0.29, 0.717) is 19.8 Å². The molecule has 0 saturated carbocycles. The first kappa shape index (κ1) is 30.1. The van der Waals surface area contributed by atoms with E-state index < -0.39 is 8.80 Å². The zero-order valence-electron chi connectivity index (χ0n) is 21.3. The molecule has 30 heavy (non-hydrogen) atoms. The molecule has 0 N–H and O–H groups in total. The Bertz CT molecular complexity index is 308. The lowest BCUT2D eigenvalue weighted by atomic mass is 10.0. The second-order valence-electron chi connectivity index (χ2n) is 8.74. The van der Waals surface area contributed by atoms with Crippen LogP contribution in [0.25, 0.3) is 0 Å². The maximum Gasteiger partial charge on any atom is 0.500 e. The fourth-order valence-corrected chi connectivity index (χ4v) is 6.93. The summed E-state index contributed by atoms with van der Waals surface area (Å²) in [5.74, 6) is 0. The third-order valence-corrected chi connectivity index (χ3v) is 9.08. The highest BCUT2D eigenvalue weighted by Gasteiger charge is 2.39. The number of hydrogen-bond donors (Lipinski definition) is 0. The molecule has 0 aliphatic carbocycles. The van der Waals surface area contributed by atoms with Crippen LogP contribution in [0, 0.1) is 0 Å². The molecule has 0 heterocycles. The first-order chi connectivity index (χ1) is 14.7. The fourth-order valence-electron chi connectivity index (χ4n) is 4.24. The van der Waals surface area contributed by atoms with Crippen molar-refractivity contribution in [3.05, 3.63) is 0 Å². The van der Waals surface area contributed by atoms with Crippen molar-refractivity contribution in [2.45, 2.75) is 149 Å². The molecule has 0 unspecified atom stereocenters. The van der Waals surface area contributed by atoms with E-state index in [1.54, 1.807) is 0 Å². The molecule has 3 nitrogen and oxygen atoms in total. The third-order valence-electron chi connectivity index (χ3n) is 5.93. The van der Waals surface area contributed by atoms with Gasteiger partial charge in [-0.2, -0.15) is 0 Å². The number of rotatable bonds is 25. The minimum atomic E-state index is -2.41. The maximum atomic E-state index is 5.94. The van der Waals surface area contributed by atoms with Crippen LogP contribution in [0.5, 0.6) is 0 Å². The van der Waals surface area contributed by atoms with E-state index in [4.69, 9.17) is 13.3 Å². The summed E-state index contributed by atoms with van der Waals surface area (Å²) >= 11 is 0. The van der Waals surface area contributed by atoms with Crippen LogP contribution in [-0.2, 0) is 13.3 Å². The van der Waals surface area contributed by atoms with E-state index in [1.807, 2.05) is 20.8 Å². The van der Waals surface area contributed by atoms with Gasteiger partial charge in [-0.1, -0.05) is 116 Å². The minimum absolute atomic E-state index is 0.686. The fraction of sp³-hybridized carbons (Fsp3) is 1.00. The molecule has 0 rings (SSSR count). The van der Waals surface area contributed by atoms with Crippen molar-refractivity contribution < 1.29 is 13.3 Å². The summed E-state index contributed by atoms with van der Waals surface area (Å²) < 4.78 is 17.8. The van der Waals surface area contributed by atoms with Crippen LogP contribution in [0.3, 0.4) is 0 Å². The smallest absolute Gasteiger partial charge is 0.374 e. The Balaban J connectivity index is 3.41. The molecule has 0 saturated heterocycles. The minimum Gasteiger partial charge on any atom is -0.374 e. The average molecular weight is 445 g/mol. The van der Waals surface area contributed by atoms with Gasteiger partial charge in [-0.05, 0) is 27.2 Å². The van der Waals surface area contributed by atoms with Crippen molar-refractivity contribution >= 4 is 8.80 Å². The lowest BCUT2D eigenvalue weighted by Crippen LogP contribution is -2.45. The Morgan fingerprint density at radius 2 is 0.633 bits per heavy atom. The van der Waals surface area contributed by atoms with Crippen molar-refractivity contribution in [1.82, 2.24) is 0 Å². The van der Waals surface area contributed by atoms with Gasteiger partial charge in [0.05, 0.1) is 0 Å². The topological polar surface area (TPSA) is 27.7 Å². The van der Waals surface area contributed by atoms with Gasteiger partial charge in [0.2, 0.25) is 0 Å². The van der Waals surface area contributed by atoms with E-state index in [2.05, 4.69) is 6.92 Å². The summed E-state index contributed by atoms with van der Waals surface area (Å²) in [5.41, 5.74) is 0. The van der Waals surface area contributed by atoms with Gasteiger partial charge in [0, 0.05) is 25.9 Å². The van der Waals surface area contributed by atoms with Gasteiger partial charge < -0.3 is 13.3 Å². The molecule has 0 spiro atoms. The Kier molecular flexibility index (Phi) is 23.8. The molecule has 0 radical (unpaired) electrons. The summed E-state index contributed by atoms with van der Waals surface area (Å²) in [6.45, 7) is 10.5. The molecular weight excluding hydrogens is 388 g/mol. The molecule has 0 bridgehead atoms. The summed E-state index contributed by atoms with van der Waals surface area (Å²) in [6, 6.07) is 0.973. The second kappa shape index (κ2) is 23.8. The van der Waals surface area contributed by atoms with E-state index in [-0.39, 0.29) is 0 Å². The van der Waals surface area contributed by atoms with Crippen LogP contribution in [0.4, 0.5) is 0 Å². The highest BCUT2D eigenvalue weighted by Crippen LogP contribution is 2.21. The zero-order valence-corrected chi connectivity index (χ0v) is 22.3. The van der Waals surface area contributed by atoms with E-state index >= 15 is 0 Å². The molecule has 0 amide bonds. The van der Waals surface area contributed by atoms with Crippen LogP contribution < -0.4 is 0 Å². The predicted octanol–water partition coefficient (Wildman–Crippen LogP) is 9.08. The maximum absolute atomic E-state index is 5.94. The highest BCUT2D eigenvalue weighted by molar-refractivity contribution is 6.60. The van der Waals surface area contributed by atoms with Crippen LogP contribution in [0.1, 0.15) is 143 Å². The predicted molar refractivity (Wildman–Crippen MR) is 134 cm³/mol. The number of unbranched alkanes of at least 4 members (excludes halogenated alkanes) is 17. The summed E-state index contributed by atoms with van der Waals surface area (Å²) in [7, 11) is -2.41. The standard InChI is InChI=1S/C26H56O3Si/c1-5-9-10-11-12-13-14-15-16-17-18-19-20-21-22-23-24-25-26-30(27-6-2,28-7-3)29-8-4/h5-26H2,1-4H3. The van der Waals surface area contributed by atoms with Crippen LogP contribution in [-0.4, -0.2) is 28.6 Å². The Labute approximate surface area is 191 Å². The van der Waals surface area contributed by atoms with E-state index in [0.717, 1.165) is 6.04 Å². The molecule has 0 aromatic carbocycles. The van der Waals surface area contributed by atoms with Crippen molar-refractivity contribution in [3.8, 4) is 0 Å². The van der Waals surface area contributed by atoms with Crippen LogP contribution in [0.2, 0.25) is 6.04 Å². The van der Waals surface area contributed by atoms with Gasteiger partial charge in [0.15, 0.2) is 0 Å². The Hall–Kier alpha value is 0.0969. The van der Waals surface area contributed by atoms with Gasteiger partial charge in [-0.25, -0.2) is 0 Å². The molecule has 0 aliphatic rings. The van der Waals surface area contributed by atoms with Crippen molar-refractivity contribution in [2.24, 2.45) is 0 Å². The summed E-state index contributed by atoms with van der Waals surface area (Å²) in [4.78, 5) is 0.